The number of nitrogens with zero attached hydrogens (tertiary/aromatic N) is 2. The molecule has 0 bridgehead atoms. The highest BCUT2D eigenvalue weighted by Gasteiger charge is 2.10. The minimum absolute atomic E-state index is 0.348. The second kappa shape index (κ2) is 6.42. The number of aryl methyl sites for hydroxylation is 1. The molecule has 3 nitrogen and oxygen atoms in total. The standard InChI is InChI=1S/C15H16Cl2N2O/c1-9(2)12-5-14(10(3)4-13(12)16)20-8-11-6-19-15(17)7-18-11/h4-7,9H,8H2,1-3H3. The molecule has 0 spiro atoms. The van der Waals surface area contributed by atoms with E-state index in [1.54, 1.807) is 6.20 Å². The van der Waals surface area contributed by atoms with E-state index in [9.17, 15) is 0 Å². The Labute approximate surface area is 128 Å². The summed E-state index contributed by atoms with van der Waals surface area (Å²) in [6, 6.07) is 3.92. The fraction of sp³-hybridized carbons (Fsp3) is 0.333. The third kappa shape index (κ3) is 3.62. The van der Waals surface area contributed by atoms with E-state index < -0.39 is 0 Å². The summed E-state index contributed by atoms with van der Waals surface area (Å²) in [7, 11) is 0. The Hall–Kier alpha value is -1.32. The lowest BCUT2D eigenvalue weighted by atomic mass is 10.0. The van der Waals surface area contributed by atoms with Crippen molar-refractivity contribution in [3.63, 3.8) is 0 Å². The number of hydrogen-bond donors (Lipinski definition) is 0. The van der Waals surface area contributed by atoms with E-state index in [-0.39, 0.29) is 0 Å². The zero-order chi connectivity index (χ0) is 14.7. The molecule has 0 fully saturated rings. The lowest BCUT2D eigenvalue weighted by molar-refractivity contribution is 0.298. The highest BCUT2D eigenvalue weighted by atomic mass is 35.5. The molecule has 0 aliphatic carbocycles. The van der Waals surface area contributed by atoms with Crippen LogP contribution in [0.1, 0.15) is 36.6 Å². The molecule has 0 saturated heterocycles. The van der Waals surface area contributed by atoms with Crippen LogP contribution in [0.15, 0.2) is 24.5 Å². The molecule has 0 unspecified atom stereocenters. The van der Waals surface area contributed by atoms with Gasteiger partial charge < -0.3 is 4.74 Å². The van der Waals surface area contributed by atoms with Crippen molar-refractivity contribution in [3.05, 3.63) is 51.5 Å². The van der Waals surface area contributed by atoms with Crippen LogP contribution in [0.2, 0.25) is 10.2 Å². The van der Waals surface area contributed by atoms with E-state index in [0.717, 1.165) is 27.6 Å². The summed E-state index contributed by atoms with van der Waals surface area (Å²) in [4.78, 5) is 8.13. The molecule has 1 aromatic heterocycles. The van der Waals surface area contributed by atoms with Crippen molar-refractivity contribution < 1.29 is 4.74 Å². The Balaban J connectivity index is 2.16. The Morgan fingerprint density at radius 1 is 1.15 bits per heavy atom. The summed E-state index contributed by atoms with van der Waals surface area (Å²) < 4.78 is 5.80. The van der Waals surface area contributed by atoms with E-state index in [4.69, 9.17) is 27.9 Å². The maximum Gasteiger partial charge on any atom is 0.147 e. The molecule has 106 valence electrons. The molecule has 20 heavy (non-hydrogen) atoms. The molecule has 0 aliphatic rings. The molecule has 2 rings (SSSR count). The van der Waals surface area contributed by atoms with Gasteiger partial charge in [-0.05, 0) is 36.1 Å². The Morgan fingerprint density at radius 2 is 1.90 bits per heavy atom. The van der Waals surface area contributed by atoms with E-state index in [1.165, 1.54) is 6.20 Å². The lowest BCUT2D eigenvalue weighted by Crippen LogP contribution is -2.01. The van der Waals surface area contributed by atoms with Crippen molar-refractivity contribution in [2.24, 2.45) is 0 Å². The SMILES string of the molecule is Cc1cc(Cl)c(C(C)C)cc1OCc1cnc(Cl)cn1. The topological polar surface area (TPSA) is 35.0 Å². The summed E-state index contributed by atoms with van der Waals surface area (Å²) in [5, 5.41) is 1.15. The van der Waals surface area contributed by atoms with Gasteiger partial charge in [0.25, 0.3) is 0 Å². The minimum Gasteiger partial charge on any atom is -0.487 e. The zero-order valence-electron chi connectivity index (χ0n) is 11.7. The molecule has 0 atom stereocenters. The Bertz CT molecular complexity index is 598. The van der Waals surface area contributed by atoms with Crippen LogP contribution in [0.4, 0.5) is 0 Å². The molecular weight excluding hydrogens is 295 g/mol. The first-order chi connectivity index (χ1) is 9.47. The van der Waals surface area contributed by atoms with Gasteiger partial charge in [-0.25, -0.2) is 4.98 Å². The number of halogens is 2. The van der Waals surface area contributed by atoms with Crippen molar-refractivity contribution in [2.75, 3.05) is 0 Å². The summed E-state index contributed by atoms with van der Waals surface area (Å²) in [6.07, 6.45) is 3.12. The highest BCUT2D eigenvalue weighted by molar-refractivity contribution is 6.31. The van der Waals surface area contributed by atoms with Crippen LogP contribution in [0.3, 0.4) is 0 Å². The van der Waals surface area contributed by atoms with Crippen LogP contribution in [0, 0.1) is 6.92 Å². The van der Waals surface area contributed by atoms with Gasteiger partial charge in [0.05, 0.1) is 18.1 Å². The third-order valence-electron chi connectivity index (χ3n) is 2.97. The largest absolute Gasteiger partial charge is 0.487 e. The first kappa shape index (κ1) is 15.1. The first-order valence-electron chi connectivity index (χ1n) is 6.36. The van der Waals surface area contributed by atoms with Crippen LogP contribution in [-0.2, 0) is 6.61 Å². The van der Waals surface area contributed by atoms with Crippen LogP contribution >= 0.6 is 23.2 Å². The maximum atomic E-state index is 6.24. The first-order valence-corrected chi connectivity index (χ1v) is 7.12. The molecule has 1 heterocycles. The molecule has 2 aromatic rings. The predicted molar refractivity (Wildman–Crippen MR) is 81.7 cm³/mol. The second-order valence-corrected chi connectivity index (χ2v) is 5.71. The number of rotatable bonds is 4. The van der Waals surface area contributed by atoms with Crippen molar-refractivity contribution in [3.8, 4) is 5.75 Å². The number of ether oxygens (including phenoxy) is 1. The predicted octanol–water partition coefficient (Wildman–Crippen LogP) is 4.79. The molecule has 0 radical (unpaired) electrons. The fourth-order valence-corrected chi connectivity index (χ4v) is 2.37. The van der Waals surface area contributed by atoms with Gasteiger partial charge in [-0.3, -0.25) is 4.98 Å². The van der Waals surface area contributed by atoms with Crippen molar-refractivity contribution in [1.82, 2.24) is 9.97 Å². The van der Waals surface area contributed by atoms with Gasteiger partial charge in [0.1, 0.15) is 17.5 Å². The van der Waals surface area contributed by atoms with Crippen LogP contribution in [-0.4, -0.2) is 9.97 Å². The van der Waals surface area contributed by atoms with E-state index in [1.807, 2.05) is 19.1 Å². The Morgan fingerprint density at radius 3 is 2.50 bits per heavy atom. The average Bonchev–Trinajstić information content (AvgIpc) is 2.39. The van der Waals surface area contributed by atoms with Gasteiger partial charge >= 0.3 is 0 Å². The quantitative estimate of drug-likeness (QED) is 0.814. The van der Waals surface area contributed by atoms with Gasteiger partial charge in [-0.15, -0.1) is 0 Å². The molecular formula is C15H16Cl2N2O. The van der Waals surface area contributed by atoms with Gasteiger partial charge in [-0.2, -0.15) is 0 Å². The summed E-state index contributed by atoms with van der Waals surface area (Å²) in [5.41, 5.74) is 2.81. The van der Waals surface area contributed by atoms with Gasteiger partial charge in [0.2, 0.25) is 0 Å². The van der Waals surface area contributed by atoms with Gasteiger partial charge in [-0.1, -0.05) is 37.0 Å². The smallest absolute Gasteiger partial charge is 0.147 e. The monoisotopic (exact) mass is 310 g/mol. The third-order valence-corrected chi connectivity index (χ3v) is 3.49. The highest BCUT2D eigenvalue weighted by Crippen LogP contribution is 2.31. The average molecular weight is 311 g/mol. The molecule has 5 heteroatoms. The van der Waals surface area contributed by atoms with E-state index >= 15 is 0 Å². The van der Waals surface area contributed by atoms with Gasteiger partial charge in [0, 0.05) is 5.02 Å². The van der Waals surface area contributed by atoms with Crippen LogP contribution < -0.4 is 4.74 Å². The van der Waals surface area contributed by atoms with Gasteiger partial charge in [0.15, 0.2) is 0 Å². The summed E-state index contributed by atoms with van der Waals surface area (Å²) >= 11 is 11.9. The van der Waals surface area contributed by atoms with Crippen LogP contribution in [0.5, 0.6) is 5.75 Å². The number of hydrogen-bond acceptors (Lipinski definition) is 3. The molecule has 0 aliphatic heterocycles. The fourth-order valence-electron chi connectivity index (χ4n) is 1.83. The molecule has 1 aromatic carbocycles. The van der Waals surface area contributed by atoms with Crippen molar-refractivity contribution in [2.45, 2.75) is 33.3 Å². The molecule has 0 N–H and O–H groups in total. The summed E-state index contributed by atoms with van der Waals surface area (Å²) in [5.74, 6) is 1.16. The van der Waals surface area contributed by atoms with E-state index in [2.05, 4.69) is 23.8 Å². The van der Waals surface area contributed by atoms with Crippen LogP contribution in [0.25, 0.3) is 0 Å². The molecule has 0 amide bonds. The maximum absolute atomic E-state index is 6.24. The normalized spacial score (nSPS) is 10.9. The Kier molecular flexibility index (Phi) is 4.84. The minimum atomic E-state index is 0.348. The lowest BCUT2D eigenvalue weighted by Gasteiger charge is -2.14. The van der Waals surface area contributed by atoms with Crippen molar-refractivity contribution >= 4 is 23.2 Å². The van der Waals surface area contributed by atoms with Crippen molar-refractivity contribution in [1.29, 1.82) is 0 Å². The number of benzene rings is 1. The van der Waals surface area contributed by atoms with E-state index in [0.29, 0.717) is 17.7 Å². The second-order valence-electron chi connectivity index (χ2n) is 4.91. The zero-order valence-corrected chi connectivity index (χ0v) is 13.2. The summed E-state index contributed by atoms with van der Waals surface area (Å²) in [6.45, 7) is 6.53. The molecule has 0 saturated carbocycles. The number of aromatic nitrogens is 2.